The Hall–Kier alpha value is -1.68. The Bertz CT molecular complexity index is 525. The highest BCUT2D eigenvalue weighted by Gasteiger charge is 2.07. The van der Waals surface area contributed by atoms with Gasteiger partial charge in [0.25, 0.3) is 5.91 Å². The Morgan fingerprint density at radius 2 is 2.25 bits per heavy atom. The van der Waals surface area contributed by atoms with Crippen molar-refractivity contribution in [2.75, 3.05) is 5.32 Å². The molecular formula is C12H14N2OS. The van der Waals surface area contributed by atoms with Crippen LogP contribution in [0, 0.1) is 13.8 Å². The minimum absolute atomic E-state index is 0. The van der Waals surface area contributed by atoms with Gasteiger partial charge in [0.1, 0.15) is 0 Å². The van der Waals surface area contributed by atoms with E-state index in [0.29, 0.717) is 10.7 Å². The van der Waals surface area contributed by atoms with E-state index in [4.69, 9.17) is 0 Å². The van der Waals surface area contributed by atoms with E-state index in [1.54, 1.807) is 6.07 Å². The summed E-state index contributed by atoms with van der Waals surface area (Å²) >= 11 is 1.43. The molecule has 1 aromatic heterocycles. The smallest absolute Gasteiger partial charge is 0.257 e. The topological polar surface area (TPSA) is 42.0 Å². The third-order valence-corrected chi connectivity index (χ3v) is 3.00. The summed E-state index contributed by atoms with van der Waals surface area (Å²) in [7, 11) is 0. The second-order valence-electron chi connectivity index (χ2n) is 3.62. The van der Waals surface area contributed by atoms with Gasteiger partial charge in [0.15, 0.2) is 5.13 Å². The van der Waals surface area contributed by atoms with E-state index in [0.717, 1.165) is 11.3 Å². The molecule has 0 aliphatic rings. The molecule has 16 heavy (non-hydrogen) atoms. The zero-order valence-corrected chi connectivity index (χ0v) is 9.97. The Balaban J connectivity index is 0.00000144. The highest BCUT2D eigenvalue weighted by Crippen LogP contribution is 2.15. The molecular weight excluding hydrogens is 220 g/mol. The summed E-state index contributed by atoms with van der Waals surface area (Å²) in [5.74, 6) is -0.113. The van der Waals surface area contributed by atoms with Crippen molar-refractivity contribution in [1.82, 2.24) is 4.98 Å². The number of nitrogens with one attached hydrogen (secondary N) is 1. The fourth-order valence-electron chi connectivity index (χ4n) is 1.37. The van der Waals surface area contributed by atoms with Crippen molar-refractivity contribution in [2.24, 2.45) is 0 Å². The molecule has 84 valence electrons. The number of carbonyl (C=O) groups is 1. The van der Waals surface area contributed by atoms with Crippen molar-refractivity contribution in [3.63, 3.8) is 0 Å². The first kappa shape index (κ1) is 10.8. The van der Waals surface area contributed by atoms with Gasteiger partial charge in [0, 0.05) is 12.4 Å². The van der Waals surface area contributed by atoms with Gasteiger partial charge in [0.2, 0.25) is 0 Å². The minimum atomic E-state index is -0.113. The number of aromatic nitrogens is 1. The standard InChI is InChI=1S/C12H12N2OS.H2/c1-8-4-3-5-10(6-8)11(15)14-12-13-9(2)7-16-12;/h3-7H,1-2H3,(H,13,14,15);1H. The normalized spacial score (nSPS) is 10.1. The van der Waals surface area contributed by atoms with Crippen molar-refractivity contribution < 1.29 is 6.22 Å². The first-order valence-electron chi connectivity index (χ1n) is 4.95. The number of nitrogens with zero attached hydrogens (tertiary/aromatic N) is 1. The van der Waals surface area contributed by atoms with Crippen molar-refractivity contribution in [3.05, 3.63) is 46.5 Å². The molecule has 4 heteroatoms. The third kappa shape index (κ3) is 2.46. The van der Waals surface area contributed by atoms with Gasteiger partial charge in [0.05, 0.1) is 5.69 Å². The number of anilines is 1. The number of hydrogen-bond donors (Lipinski definition) is 1. The summed E-state index contributed by atoms with van der Waals surface area (Å²) in [4.78, 5) is 16.0. The molecule has 0 fully saturated rings. The lowest BCUT2D eigenvalue weighted by Gasteiger charge is -2.02. The number of rotatable bonds is 2. The molecule has 0 radical (unpaired) electrons. The fourth-order valence-corrected chi connectivity index (χ4v) is 2.05. The molecule has 0 bridgehead atoms. The predicted molar refractivity (Wildman–Crippen MR) is 68.1 cm³/mol. The van der Waals surface area contributed by atoms with Crippen LogP contribution in [0.2, 0.25) is 0 Å². The highest BCUT2D eigenvalue weighted by molar-refractivity contribution is 7.13. The van der Waals surface area contributed by atoms with Crippen LogP contribution in [0.4, 0.5) is 5.13 Å². The van der Waals surface area contributed by atoms with Gasteiger partial charge in [-0.05, 0) is 26.0 Å². The Labute approximate surface area is 99.6 Å². The van der Waals surface area contributed by atoms with Crippen LogP contribution in [0.3, 0.4) is 0 Å². The fraction of sp³-hybridized carbons (Fsp3) is 0.167. The molecule has 2 aromatic rings. The Morgan fingerprint density at radius 3 is 2.88 bits per heavy atom. The van der Waals surface area contributed by atoms with E-state index in [1.807, 2.05) is 37.4 Å². The van der Waals surface area contributed by atoms with Gasteiger partial charge in [-0.25, -0.2) is 4.98 Å². The van der Waals surface area contributed by atoms with Gasteiger partial charge in [-0.3, -0.25) is 10.1 Å². The number of aryl methyl sites for hydroxylation is 2. The Kier molecular flexibility index (Phi) is 3.01. The van der Waals surface area contributed by atoms with Crippen LogP contribution in [0.5, 0.6) is 0 Å². The minimum Gasteiger partial charge on any atom is -0.298 e. The largest absolute Gasteiger partial charge is 0.298 e. The van der Waals surface area contributed by atoms with Gasteiger partial charge in [-0.15, -0.1) is 11.3 Å². The maximum atomic E-state index is 11.8. The van der Waals surface area contributed by atoms with E-state index in [2.05, 4.69) is 10.3 Å². The van der Waals surface area contributed by atoms with Crippen LogP contribution in [-0.2, 0) is 0 Å². The lowest BCUT2D eigenvalue weighted by atomic mass is 10.1. The van der Waals surface area contributed by atoms with E-state index < -0.39 is 0 Å². The maximum absolute atomic E-state index is 11.8. The quantitative estimate of drug-likeness (QED) is 0.866. The van der Waals surface area contributed by atoms with E-state index in [9.17, 15) is 4.79 Å². The molecule has 1 amide bonds. The summed E-state index contributed by atoms with van der Waals surface area (Å²) in [6.07, 6.45) is 0. The number of carbonyl (C=O) groups excluding carboxylic acids is 1. The molecule has 1 aromatic carbocycles. The molecule has 2 rings (SSSR count). The first-order valence-corrected chi connectivity index (χ1v) is 5.83. The van der Waals surface area contributed by atoms with E-state index in [-0.39, 0.29) is 7.33 Å². The molecule has 1 N–H and O–H groups in total. The zero-order chi connectivity index (χ0) is 11.5. The van der Waals surface area contributed by atoms with Gasteiger partial charge >= 0.3 is 0 Å². The van der Waals surface area contributed by atoms with Gasteiger partial charge in [-0.1, -0.05) is 17.7 Å². The van der Waals surface area contributed by atoms with Crippen molar-refractivity contribution in [2.45, 2.75) is 13.8 Å². The number of hydrogen-bond acceptors (Lipinski definition) is 3. The summed E-state index contributed by atoms with van der Waals surface area (Å²) in [5.41, 5.74) is 2.65. The lowest BCUT2D eigenvalue weighted by Crippen LogP contribution is -2.11. The summed E-state index contributed by atoms with van der Waals surface area (Å²) in [6.45, 7) is 3.86. The van der Waals surface area contributed by atoms with Gasteiger partial charge < -0.3 is 0 Å². The summed E-state index contributed by atoms with van der Waals surface area (Å²) in [5, 5.41) is 5.33. The van der Waals surface area contributed by atoms with Crippen molar-refractivity contribution >= 4 is 22.4 Å². The number of thiazole rings is 1. The van der Waals surface area contributed by atoms with Crippen molar-refractivity contribution in [1.29, 1.82) is 0 Å². The van der Waals surface area contributed by atoms with Crippen LogP contribution in [-0.4, -0.2) is 10.9 Å². The average molecular weight is 234 g/mol. The van der Waals surface area contributed by atoms with Crippen LogP contribution < -0.4 is 5.32 Å². The Morgan fingerprint density at radius 1 is 1.44 bits per heavy atom. The van der Waals surface area contributed by atoms with E-state index >= 15 is 0 Å². The molecule has 0 spiro atoms. The molecule has 0 unspecified atom stereocenters. The van der Waals surface area contributed by atoms with Gasteiger partial charge in [-0.2, -0.15) is 0 Å². The molecule has 3 nitrogen and oxygen atoms in total. The SMILES string of the molecule is Cc1cccc(C(=O)Nc2nc(C)cs2)c1.[HH]. The van der Waals surface area contributed by atoms with Crippen LogP contribution >= 0.6 is 11.3 Å². The first-order chi connectivity index (χ1) is 7.65. The van der Waals surface area contributed by atoms with Crippen LogP contribution in [0.1, 0.15) is 23.0 Å². The van der Waals surface area contributed by atoms with Crippen molar-refractivity contribution in [3.8, 4) is 0 Å². The maximum Gasteiger partial charge on any atom is 0.257 e. The number of benzene rings is 1. The summed E-state index contributed by atoms with van der Waals surface area (Å²) in [6, 6.07) is 7.49. The molecule has 0 atom stereocenters. The molecule has 0 aliphatic carbocycles. The zero-order valence-electron chi connectivity index (χ0n) is 9.15. The second kappa shape index (κ2) is 4.45. The predicted octanol–water partition coefficient (Wildman–Crippen LogP) is 3.26. The monoisotopic (exact) mass is 234 g/mol. The number of amides is 1. The summed E-state index contributed by atoms with van der Waals surface area (Å²) < 4.78 is 0. The average Bonchev–Trinajstić information content (AvgIpc) is 2.64. The second-order valence-corrected chi connectivity index (χ2v) is 4.48. The molecule has 0 saturated heterocycles. The highest BCUT2D eigenvalue weighted by atomic mass is 32.1. The van der Waals surface area contributed by atoms with Crippen LogP contribution in [0.15, 0.2) is 29.6 Å². The molecule has 0 saturated carbocycles. The third-order valence-electron chi connectivity index (χ3n) is 2.12. The molecule has 0 aliphatic heterocycles. The lowest BCUT2D eigenvalue weighted by molar-refractivity contribution is 0.102. The molecule has 1 heterocycles. The van der Waals surface area contributed by atoms with Crippen LogP contribution in [0.25, 0.3) is 0 Å². The van der Waals surface area contributed by atoms with E-state index in [1.165, 1.54) is 11.3 Å².